The highest BCUT2D eigenvalue weighted by molar-refractivity contribution is 6.36. The van der Waals surface area contributed by atoms with Gasteiger partial charge in [-0.2, -0.15) is 0 Å². The minimum absolute atomic E-state index is 0.00520. The predicted octanol–water partition coefficient (Wildman–Crippen LogP) is 7.26. The van der Waals surface area contributed by atoms with Gasteiger partial charge in [-0.05, 0) is 86.0 Å². The number of halogens is 2. The Kier molecular flexibility index (Phi) is 6.65. The van der Waals surface area contributed by atoms with Crippen LogP contribution in [0.2, 0.25) is 10.0 Å². The van der Waals surface area contributed by atoms with Crippen molar-refractivity contribution in [2.75, 3.05) is 4.90 Å². The van der Waals surface area contributed by atoms with Gasteiger partial charge in [-0.3, -0.25) is 9.59 Å². The topological polar surface area (TPSA) is 46.4 Å². The molecule has 4 nitrogen and oxygen atoms in total. The maximum Gasteiger partial charge on any atom is 0.306 e. The Morgan fingerprint density at radius 1 is 1.00 bits per heavy atom. The lowest BCUT2D eigenvalue weighted by atomic mass is 9.66. The van der Waals surface area contributed by atoms with Crippen LogP contribution in [0, 0.1) is 35.5 Å². The Balaban J connectivity index is 1.37. The van der Waals surface area contributed by atoms with Gasteiger partial charge in [0, 0.05) is 16.9 Å². The molecule has 0 amide bonds. The largest absolute Gasteiger partial charge is 0.462 e. The van der Waals surface area contributed by atoms with E-state index in [1.165, 1.54) is 19.3 Å². The van der Waals surface area contributed by atoms with E-state index in [0.29, 0.717) is 46.3 Å². The number of hydrogen-bond acceptors (Lipinski definition) is 4. The normalized spacial score (nSPS) is 40.2. The van der Waals surface area contributed by atoms with Crippen LogP contribution in [0.5, 0.6) is 0 Å². The molecular formula is C30H37Cl2NO3. The summed E-state index contributed by atoms with van der Waals surface area (Å²) in [6, 6.07) is 6.52. The fourth-order valence-corrected chi connectivity index (χ4v) is 8.88. The number of cyclic esters (lactones) is 1. The third kappa shape index (κ3) is 4.11. The van der Waals surface area contributed by atoms with Crippen molar-refractivity contribution in [3.63, 3.8) is 0 Å². The number of Topliss-reactive ketones (excluding diaryl/α,β-unsaturated/α-hetero) is 1. The maximum absolute atomic E-state index is 13.8. The summed E-state index contributed by atoms with van der Waals surface area (Å²) in [6.45, 7) is 4.18. The molecule has 6 heteroatoms. The van der Waals surface area contributed by atoms with Crippen LogP contribution >= 0.6 is 23.2 Å². The highest BCUT2D eigenvalue weighted by Crippen LogP contribution is 2.65. The van der Waals surface area contributed by atoms with Crippen molar-refractivity contribution in [1.29, 1.82) is 0 Å². The number of rotatable bonds is 2. The number of esters is 1. The average Bonchev–Trinajstić information content (AvgIpc) is 3.19. The summed E-state index contributed by atoms with van der Waals surface area (Å²) in [5.74, 6) is 1.86. The number of fused-ring (bicyclic) bond motifs is 8. The molecule has 0 aromatic heterocycles. The molecule has 0 radical (unpaired) electrons. The van der Waals surface area contributed by atoms with Gasteiger partial charge in [0.1, 0.15) is 6.10 Å². The first kappa shape index (κ1) is 24.8. The molecule has 6 rings (SSSR count). The number of hydrogen-bond donors (Lipinski definition) is 0. The molecule has 9 atom stereocenters. The van der Waals surface area contributed by atoms with Gasteiger partial charge in [-0.25, -0.2) is 0 Å². The van der Waals surface area contributed by atoms with Crippen molar-refractivity contribution in [3.05, 3.63) is 39.9 Å². The van der Waals surface area contributed by atoms with Crippen LogP contribution in [0.3, 0.4) is 0 Å². The summed E-state index contributed by atoms with van der Waals surface area (Å²) in [7, 11) is 0. The summed E-state index contributed by atoms with van der Waals surface area (Å²) in [6.07, 6.45) is 10.9. The number of carbonyl (C=O) groups excluding carboxylic acids is 2. The van der Waals surface area contributed by atoms with Crippen molar-refractivity contribution in [2.24, 2.45) is 35.5 Å². The molecule has 1 unspecified atom stereocenters. The van der Waals surface area contributed by atoms with Gasteiger partial charge >= 0.3 is 5.97 Å². The number of nitrogens with zero attached hydrogens (tertiary/aromatic N) is 1. The minimum atomic E-state index is -0.138. The summed E-state index contributed by atoms with van der Waals surface area (Å²) < 4.78 is 5.97. The van der Waals surface area contributed by atoms with Gasteiger partial charge < -0.3 is 9.64 Å². The van der Waals surface area contributed by atoms with E-state index in [-0.39, 0.29) is 35.6 Å². The van der Waals surface area contributed by atoms with Crippen molar-refractivity contribution in [3.8, 4) is 0 Å². The lowest BCUT2D eigenvalue weighted by Gasteiger charge is -2.36. The highest BCUT2D eigenvalue weighted by atomic mass is 35.5. The number of benzene rings is 1. The molecule has 2 heterocycles. The van der Waals surface area contributed by atoms with E-state index < -0.39 is 0 Å². The van der Waals surface area contributed by atoms with Gasteiger partial charge in [0.15, 0.2) is 5.78 Å². The number of ketones is 1. The van der Waals surface area contributed by atoms with Gasteiger partial charge in [0.2, 0.25) is 0 Å². The lowest BCUT2D eigenvalue weighted by molar-refractivity contribution is -0.151. The van der Waals surface area contributed by atoms with E-state index in [2.05, 4.69) is 24.8 Å². The molecule has 0 spiro atoms. The van der Waals surface area contributed by atoms with Crippen molar-refractivity contribution < 1.29 is 14.3 Å². The number of anilines is 1. The summed E-state index contributed by atoms with van der Waals surface area (Å²) >= 11 is 12.9. The first-order valence-electron chi connectivity index (χ1n) is 14.1. The van der Waals surface area contributed by atoms with E-state index >= 15 is 0 Å². The second-order valence-corrected chi connectivity index (χ2v) is 12.7. The molecule has 2 saturated heterocycles. The average molecular weight is 531 g/mol. The first-order valence-corrected chi connectivity index (χ1v) is 14.8. The Morgan fingerprint density at radius 2 is 1.78 bits per heavy atom. The van der Waals surface area contributed by atoms with Crippen molar-refractivity contribution >= 4 is 40.6 Å². The van der Waals surface area contributed by atoms with Crippen LogP contribution < -0.4 is 4.90 Å². The van der Waals surface area contributed by atoms with Crippen molar-refractivity contribution in [1.82, 2.24) is 0 Å². The number of ether oxygens (including phenoxy) is 1. The van der Waals surface area contributed by atoms with Gasteiger partial charge in [0.25, 0.3) is 0 Å². The van der Waals surface area contributed by atoms with Crippen molar-refractivity contribution in [2.45, 2.75) is 89.8 Å². The van der Waals surface area contributed by atoms with E-state index in [1.54, 1.807) is 0 Å². The molecule has 36 heavy (non-hydrogen) atoms. The zero-order chi connectivity index (χ0) is 25.1. The molecule has 2 aliphatic heterocycles. The second kappa shape index (κ2) is 9.66. The number of allylic oxidation sites excluding steroid dienone is 2. The van der Waals surface area contributed by atoms with Crippen LogP contribution in [0.25, 0.3) is 0 Å². The fraction of sp³-hybridized carbons (Fsp3) is 0.667. The zero-order valence-electron chi connectivity index (χ0n) is 21.3. The van der Waals surface area contributed by atoms with E-state index in [1.807, 2.05) is 18.2 Å². The summed E-state index contributed by atoms with van der Waals surface area (Å²) in [4.78, 5) is 29.5. The highest BCUT2D eigenvalue weighted by Gasteiger charge is 2.68. The van der Waals surface area contributed by atoms with Crippen LogP contribution in [-0.2, 0) is 14.3 Å². The van der Waals surface area contributed by atoms with Gasteiger partial charge in [0.05, 0.1) is 29.2 Å². The van der Waals surface area contributed by atoms with Crippen LogP contribution in [0.4, 0.5) is 5.69 Å². The molecule has 194 valence electrons. The summed E-state index contributed by atoms with van der Waals surface area (Å²) in [5.41, 5.74) is 1.96. The maximum atomic E-state index is 13.8. The lowest BCUT2D eigenvalue weighted by Crippen LogP contribution is -2.39. The smallest absolute Gasteiger partial charge is 0.306 e. The van der Waals surface area contributed by atoms with E-state index in [4.69, 9.17) is 27.9 Å². The molecule has 4 fully saturated rings. The summed E-state index contributed by atoms with van der Waals surface area (Å²) in [5, 5.41) is 1.32. The third-order valence-corrected chi connectivity index (χ3v) is 10.5. The Hall–Kier alpha value is -1.52. The molecule has 5 aliphatic rings. The Bertz CT molecular complexity index is 1090. The molecule has 0 bridgehead atoms. The van der Waals surface area contributed by atoms with Gasteiger partial charge in [-0.15, -0.1) is 0 Å². The third-order valence-electron chi connectivity index (χ3n) is 10.0. The molecule has 1 aromatic carbocycles. The van der Waals surface area contributed by atoms with Gasteiger partial charge in [-0.1, -0.05) is 56.0 Å². The minimum Gasteiger partial charge on any atom is -0.462 e. The monoisotopic (exact) mass is 529 g/mol. The SMILES string of the molecule is CC[C@H]1CCCC[C@@H](C)C(=O)C2=C[C@@H]3[C@@H]([C@@H]4[C@H](C5CCC[C@H]53)N4c3ccc(Cl)cc3Cl)[C@@H]2CC(=O)O1. The fourth-order valence-electron chi connectivity index (χ4n) is 8.37. The Labute approximate surface area is 224 Å². The molecule has 0 N–H and O–H groups in total. The molecule has 3 aliphatic carbocycles. The van der Waals surface area contributed by atoms with E-state index in [9.17, 15) is 9.59 Å². The van der Waals surface area contributed by atoms with Crippen LogP contribution in [0.15, 0.2) is 29.8 Å². The zero-order valence-corrected chi connectivity index (χ0v) is 22.8. The number of carbonyl (C=O) groups is 2. The molecule has 2 saturated carbocycles. The van der Waals surface area contributed by atoms with Crippen LogP contribution in [-0.4, -0.2) is 29.9 Å². The quantitative estimate of drug-likeness (QED) is 0.298. The molecular weight excluding hydrogens is 493 g/mol. The standard InChI is InChI=1S/C30H37Cl2NO3/c1-3-18-8-5-4-7-16(2)30(35)23-14-21-19-9-6-10-20(19)28-29(27(21)22(23)15-26(34)36-18)33(28)25-12-11-17(31)13-24(25)32/h11-14,16,18-22,27-29H,3-10,15H2,1-2H3/t16-,18+,19-,20?,21+,22-,27-,28+,29-,33?/m1/s1. The predicted molar refractivity (Wildman–Crippen MR) is 143 cm³/mol. The second-order valence-electron chi connectivity index (χ2n) is 11.9. The molecule has 1 aromatic rings. The van der Waals surface area contributed by atoms with E-state index in [0.717, 1.165) is 43.4 Å². The Morgan fingerprint density at radius 3 is 2.56 bits per heavy atom. The van der Waals surface area contributed by atoms with Crippen LogP contribution in [0.1, 0.15) is 71.6 Å². The first-order chi connectivity index (χ1) is 17.4.